The number of nitrogens with zero attached hydrogens (tertiary/aromatic N) is 9. The first-order chi connectivity index (χ1) is 12.7. The van der Waals surface area contributed by atoms with Gasteiger partial charge >= 0.3 is 0 Å². The number of rotatable bonds is 5. The van der Waals surface area contributed by atoms with E-state index in [4.69, 9.17) is 5.73 Å². The first-order valence-corrected chi connectivity index (χ1v) is 8.82. The molecule has 0 aliphatic carbocycles. The number of piperidine rings is 1. The molecule has 0 saturated carbocycles. The molecular formula is C16H22N10. The first-order valence-electron chi connectivity index (χ1n) is 8.82. The summed E-state index contributed by atoms with van der Waals surface area (Å²) in [6.45, 7) is 5.29. The van der Waals surface area contributed by atoms with Crippen molar-refractivity contribution in [2.75, 3.05) is 23.7 Å². The van der Waals surface area contributed by atoms with Crippen molar-refractivity contribution in [1.29, 1.82) is 0 Å². The molecule has 0 amide bonds. The molecule has 136 valence electrons. The Morgan fingerprint density at radius 2 is 2.08 bits per heavy atom. The number of nitrogens with two attached hydrogens (primary N) is 1. The van der Waals surface area contributed by atoms with Gasteiger partial charge in [-0.3, -0.25) is 0 Å². The second kappa shape index (κ2) is 7.06. The van der Waals surface area contributed by atoms with Gasteiger partial charge in [0.15, 0.2) is 5.82 Å². The lowest BCUT2D eigenvalue weighted by atomic mass is 9.96. The molecule has 3 aromatic rings. The van der Waals surface area contributed by atoms with Crippen LogP contribution in [-0.2, 0) is 13.1 Å². The fourth-order valence-corrected chi connectivity index (χ4v) is 3.42. The van der Waals surface area contributed by atoms with Gasteiger partial charge in [-0.25, -0.2) is 14.6 Å². The Balaban J connectivity index is 1.46. The van der Waals surface area contributed by atoms with Crippen LogP contribution in [0.4, 0.5) is 11.8 Å². The highest BCUT2D eigenvalue weighted by molar-refractivity contribution is 5.38. The minimum Gasteiger partial charge on any atom is -0.384 e. The second-order valence-electron chi connectivity index (χ2n) is 6.35. The van der Waals surface area contributed by atoms with Gasteiger partial charge in [0.25, 0.3) is 0 Å². The van der Waals surface area contributed by atoms with Gasteiger partial charge in [-0.1, -0.05) is 0 Å². The highest BCUT2D eigenvalue weighted by atomic mass is 15.4. The third-order valence-corrected chi connectivity index (χ3v) is 4.75. The topological polar surface area (TPSA) is 116 Å². The molecule has 1 aliphatic rings. The molecule has 2 N–H and O–H groups in total. The lowest BCUT2D eigenvalue weighted by Crippen LogP contribution is -2.35. The third-order valence-electron chi connectivity index (χ3n) is 4.75. The smallest absolute Gasteiger partial charge is 0.227 e. The minimum atomic E-state index is 0.379. The van der Waals surface area contributed by atoms with Gasteiger partial charge in [0.05, 0.1) is 0 Å². The summed E-state index contributed by atoms with van der Waals surface area (Å²) in [6, 6.07) is 1.70. The van der Waals surface area contributed by atoms with Crippen LogP contribution in [0, 0.1) is 0 Å². The standard InChI is InChI=1S/C16H22N10/c1-2-26-14(9-25-11-18-10-20-25)22-23-15(26)12-4-7-24(8-5-12)16-19-6-3-13(17)21-16/h3,6,10-12H,2,4-5,7-9H2,1H3,(H2,17,19,21). The predicted molar refractivity (Wildman–Crippen MR) is 95.5 cm³/mol. The van der Waals surface area contributed by atoms with Crippen molar-refractivity contribution >= 4 is 11.8 Å². The van der Waals surface area contributed by atoms with Gasteiger partial charge in [0.1, 0.15) is 30.8 Å². The fourth-order valence-electron chi connectivity index (χ4n) is 3.42. The molecule has 0 radical (unpaired) electrons. The third kappa shape index (κ3) is 3.22. The van der Waals surface area contributed by atoms with Crippen molar-refractivity contribution in [3.8, 4) is 0 Å². The Labute approximate surface area is 151 Å². The fraction of sp³-hybridized carbons (Fsp3) is 0.500. The van der Waals surface area contributed by atoms with E-state index in [0.29, 0.717) is 24.2 Å². The molecule has 4 heterocycles. The van der Waals surface area contributed by atoms with Gasteiger partial charge in [0.2, 0.25) is 5.95 Å². The van der Waals surface area contributed by atoms with E-state index in [1.54, 1.807) is 23.3 Å². The van der Waals surface area contributed by atoms with E-state index in [1.807, 2.05) is 0 Å². The highest BCUT2D eigenvalue weighted by Crippen LogP contribution is 2.29. The zero-order valence-electron chi connectivity index (χ0n) is 14.7. The van der Waals surface area contributed by atoms with Crippen molar-refractivity contribution < 1.29 is 0 Å². The van der Waals surface area contributed by atoms with Crippen molar-refractivity contribution in [2.45, 2.75) is 38.8 Å². The van der Waals surface area contributed by atoms with E-state index in [0.717, 1.165) is 44.1 Å². The van der Waals surface area contributed by atoms with Crippen molar-refractivity contribution in [2.24, 2.45) is 0 Å². The molecule has 0 atom stereocenters. The quantitative estimate of drug-likeness (QED) is 0.711. The van der Waals surface area contributed by atoms with E-state index in [-0.39, 0.29) is 0 Å². The summed E-state index contributed by atoms with van der Waals surface area (Å²) in [5.74, 6) is 3.54. The summed E-state index contributed by atoms with van der Waals surface area (Å²) < 4.78 is 3.96. The van der Waals surface area contributed by atoms with E-state index in [9.17, 15) is 0 Å². The molecule has 10 heteroatoms. The lowest BCUT2D eigenvalue weighted by Gasteiger charge is -2.31. The second-order valence-corrected chi connectivity index (χ2v) is 6.35. The first kappa shape index (κ1) is 16.4. The van der Waals surface area contributed by atoms with Crippen LogP contribution in [0.25, 0.3) is 0 Å². The summed E-state index contributed by atoms with van der Waals surface area (Å²) in [6.07, 6.45) is 6.90. The van der Waals surface area contributed by atoms with Crippen molar-refractivity contribution in [1.82, 2.24) is 39.5 Å². The Kier molecular flexibility index (Phi) is 4.46. The van der Waals surface area contributed by atoms with Crippen molar-refractivity contribution in [3.05, 3.63) is 36.6 Å². The van der Waals surface area contributed by atoms with Gasteiger partial charge < -0.3 is 15.2 Å². The monoisotopic (exact) mass is 354 g/mol. The molecule has 4 rings (SSSR count). The normalized spacial score (nSPS) is 15.5. The average molecular weight is 354 g/mol. The van der Waals surface area contributed by atoms with Crippen LogP contribution in [0.5, 0.6) is 0 Å². The van der Waals surface area contributed by atoms with Crippen LogP contribution in [-0.4, -0.2) is 52.6 Å². The average Bonchev–Trinajstić information content (AvgIpc) is 3.32. The molecule has 0 spiro atoms. The lowest BCUT2D eigenvalue weighted by molar-refractivity contribution is 0.459. The maximum absolute atomic E-state index is 5.77. The van der Waals surface area contributed by atoms with Crippen LogP contribution >= 0.6 is 0 Å². The number of hydrogen-bond donors (Lipinski definition) is 1. The van der Waals surface area contributed by atoms with E-state index >= 15 is 0 Å². The summed E-state index contributed by atoms with van der Waals surface area (Å²) in [5, 5.41) is 13.0. The van der Waals surface area contributed by atoms with Gasteiger partial charge in [-0.2, -0.15) is 10.1 Å². The summed E-state index contributed by atoms with van der Waals surface area (Å²) in [4.78, 5) is 14.8. The molecule has 1 saturated heterocycles. The van der Waals surface area contributed by atoms with Crippen LogP contribution in [0.3, 0.4) is 0 Å². The van der Waals surface area contributed by atoms with Gasteiger partial charge in [-0.05, 0) is 25.8 Å². The number of anilines is 2. The molecule has 26 heavy (non-hydrogen) atoms. The number of nitrogen functional groups attached to an aromatic ring is 1. The maximum atomic E-state index is 5.77. The van der Waals surface area contributed by atoms with E-state index < -0.39 is 0 Å². The number of aromatic nitrogens is 8. The zero-order chi connectivity index (χ0) is 17.9. The van der Waals surface area contributed by atoms with Crippen molar-refractivity contribution in [3.63, 3.8) is 0 Å². The minimum absolute atomic E-state index is 0.379. The zero-order valence-corrected chi connectivity index (χ0v) is 14.7. The van der Waals surface area contributed by atoms with Gasteiger partial charge in [-0.15, -0.1) is 10.2 Å². The SMILES string of the molecule is CCn1c(Cn2cncn2)nnc1C1CCN(c2nccc(N)n2)CC1. The molecule has 3 aromatic heterocycles. The summed E-state index contributed by atoms with van der Waals surface area (Å²) in [5.41, 5.74) is 5.77. The number of hydrogen-bond acceptors (Lipinski definition) is 8. The maximum Gasteiger partial charge on any atom is 0.227 e. The Bertz CT molecular complexity index is 848. The Morgan fingerprint density at radius 3 is 2.77 bits per heavy atom. The molecule has 0 aromatic carbocycles. The van der Waals surface area contributed by atoms with Crippen LogP contribution in [0.15, 0.2) is 24.9 Å². The van der Waals surface area contributed by atoms with Crippen LogP contribution < -0.4 is 10.6 Å². The van der Waals surface area contributed by atoms with Gasteiger partial charge in [0, 0.05) is 31.7 Å². The molecule has 10 nitrogen and oxygen atoms in total. The Hall–Kier alpha value is -3.04. The van der Waals surface area contributed by atoms with E-state index in [2.05, 4.69) is 46.6 Å². The highest BCUT2D eigenvalue weighted by Gasteiger charge is 2.27. The summed E-state index contributed by atoms with van der Waals surface area (Å²) in [7, 11) is 0. The summed E-state index contributed by atoms with van der Waals surface area (Å²) >= 11 is 0. The van der Waals surface area contributed by atoms with Crippen LogP contribution in [0.1, 0.15) is 37.3 Å². The molecule has 1 aliphatic heterocycles. The largest absolute Gasteiger partial charge is 0.384 e. The Morgan fingerprint density at radius 1 is 1.23 bits per heavy atom. The van der Waals surface area contributed by atoms with E-state index in [1.165, 1.54) is 6.33 Å². The molecule has 1 fully saturated rings. The predicted octanol–water partition coefficient (Wildman–Crippen LogP) is 0.694. The van der Waals surface area contributed by atoms with Crippen LogP contribution in [0.2, 0.25) is 0 Å². The molecule has 0 bridgehead atoms. The molecular weight excluding hydrogens is 332 g/mol. The molecule has 0 unspecified atom stereocenters.